The Labute approximate surface area is 461 Å². The normalized spacial score (nSPS) is 10.6. The van der Waals surface area contributed by atoms with Crippen LogP contribution in [-0.4, -0.2) is 55.5 Å². The molecule has 0 aliphatic rings. The highest BCUT2D eigenvalue weighted by Crippen LogP contribution is 2.44. The Bertz CT molecular complexity index is 3730. The third-order valence-electron chi connectivity index (χ3n) is 11.4. The maximum Gasteiger partial charge on any atom is 0.273 e. The maximum absolute atomic E-state index is 13.4. The van der Waals surface area contributed by atoms with E-state index in [0.717, 1.165) is 38.9 Å². The number of nitro groups is 2. The fourth-order valence-corrected chi connectivity index (χ4v) is 12.6. The van der Waals surface area contributed by atoms with Crippen molar-refractivity contribution >= 4 is 97.8 Å². The van der Waals surface area contributed by atoms with E-state index in [1.807, 2.05) is 79.5 Å². The molecule has 0 aliphatic heterocycles. The molecular formula is C55H43Cl4N12O5P. The van der Waals surface area contributed by atoms with Crippen molar-refractivity contribution in [2.45, 2.75) is 21.3 Å². The van der Waals surface area contributed by atoms with Crippen LogP contribution < -0.4 is 15.9 Å². The van der Waals surface area contributed by atoms with Crippen molar-refractivity contribution in [3.63, 3.8) is 0 Å². The molecule has 7 aromatic carbocycles. The summed E-state index contributed by atoms with van der Waals surface area (Å²) in [4.78, 5) is 45.3. The number of azide groups is 1. The van der Waals surface area contributed by atoms with E-state index in [-0.39, 0.29) is 40.3 Å². The van der Waals surface area contributed by atoms with E-state index in [4.69, 9.17) is 51.9 Å². The zero-order valence-corrected chi connectivity index (χ0v) is 43.8. The van der Waals surface area contributed by atoms with Gasteiger partial charge in [-0.2, -0.15) is 0 Å². The summed E-state index contributed by atoms with van der Waals surface area (Å²) < 4.78 is 4.75. The van der Waals surface area contributed by atoms with Crippen LogP contribution in [0.5, 0.6) is 0 Å². The summed E-state index contributed by atoms with van der Waals surface area (Å²) in [5.41, 5.74) is 13.1. The van der Waals surface area contributed by atoms with Gasteiger partial charge >= 0.3 is 0 Å². The molecule has 10 aromatic rings. The fraction of sp³-hybridized carbons (Fsp3) is 0.0545. The Morgan fingerprint density at radius 3 is 1.56 bits per heavy atom. The zero-order valence-electron chi connectivity index (χ0n) is 39.9. The van der Waals surface area contributed by atoms with Gasteiger partial charge in [0.05, 0.1) is 78.6 Å². The summed E-state index contributed by atoms with van der Waals surface area (Å²) in [7, 11) is 0. The van der Waals surface area contributed by atoms with Crippen LogP contribution in [0.25, 0.3) is 38.8 Å². The van der Waals surface area contributed by atoms with Crippen LogP contribution in [0.2, 0.25) is 20.1 Å². The number of imidazole rings is 2. The van der Waals surface area contributed by atoms with Crippen molar-refractivity contribution in [2.24, 2.45) is 5.11 Å². The molecular weight excluding hydrogens is 1080 g/mol. The van der Waals surface area contributed by atoms with Gasteiger partial charge in [0.2, 0.25) is 0 Å². The van der Waals surface area contributed by atoms with Crippen LogP contribution in [0.15, 0.2) is 200 Å². The Balaban J connectivity index is 0.000000171. The predicted molar refractivity (Wildman–Crippen MR) is 308 cm³/mol. The molecule has 0 aliphatic carbocycles. The first-order valence-electron chi connectivity index (χ1n) is 22.6. The second-order valence-electron chi connectivity index (χ2n) is 16.4. The smallest absolute Gasteiger partial charge is 0.273 e. The van der Waals surface area contributed by atoms with Gasteiger partial charge in [0.1, 0.15) is 0 Å². The van der Waals surface area contributed by atoms with Crippen molar-refractivity contribution in [3.05, 3.63) is 263 Å². The van der Waals surface area contributed by atoms with Crippen LogP contribution in [0.3, 0.4) is 0 Å². The van der Waals surface area contributed by atoms with Crippen LogP contribution in [-0.2, 0) is 0 Å². The molecule has 3 heterocycles. The molecule has 0 radical (unpaired) electrons. The van der Waals surface area contributed by atoms with Gasteiger partial charge in [-0.15, -0.1) is 5.10 Å². The number of halogens is 4. The van der Waals surface area contributed by atoms with Crippen LogP contribution in [0.1, 0.15) is 29.2 Å². The molecule has 0 fully saturated rings. The van der Waals surface area contributed by atoms with Gasteiger partial charge in [0.15, 0.2) is 5.78 Å². The number of aromatic nitrogens is 7. The zero-order chi connectivity index (χ0) is 53.9. The first-order chi connectivity index (χ1) is 36.7. The maximum atomic E-state index is 13.4. The first-order valence-corrected chi connectivity index (χ1v) is 25.9. The highest BCUT2D eigenvalue weighted by Gasteiger charge is 2.27. The summed E-state index contributed by atoms with van der Waals surface area (Å²) in [5.74, 6) is 1.95. The van der Waals surface area contributed by atoms with E-state index < -0.39 is 16.7 Å². The number of benzene rings is 7. The minimum absolute atomic E-state index is 0. The lowest BCUT2D eigenvalue weighted by Gasteiger charge is -2.28. The quantitative estimate of drug-likeness (QED) is 0.0216. The molecule has 0 spiro atoms. The number of nitrogens with zero attached hydrogens (tertiary/aromatic N) is 12. The van der Waals surface area contributed by atoms with Crippen LogP contribution in [0, 0.1) is 34.1 Å². The number of hydrogen-bond donors (Lipinski definition) is 0. The van der Waals surface area contributed by atoms with Gasteiger partial charge in [-0.3, -0.25) is 25.0 Å². The lowest BCUT2D eigenvalue weighted by Crippen LogP contribution is -2.28. The minimum Gasteiger partial charge on any atom is -0.304 e. The van der Waals surface area contributed by atoms with Gasteiger partial charge in [0, 0.05) is 62.7 Å². The molecule has 0 atom stereocenters. The summed E-state index contributed by atoms with van der Waals surface area (Å²) in [6, 6.07) is 50.3. The van der Waals surface area contributed by atoms with Crippen LogP contribution in [0.4, 0.5) is 17.1 Å². The highest BCUT2D eigenvalue weighted by molar-refractivity contribution is 7.95. The summed E-state index contributed by atoms with van der Waals surface area (Å²) in [6.07, 6.45) is 8.08. The van der Waals surface area contributed by atoms with Crippen molar-refractivity contribution in [1.29, 1.82) is 0 Å². The Kier molecular flexibility index (Phi) is 18.4. The predicted octanol–water partition coefficient (Wildman–Crippen LogP) is 14.3. The molecule has 77 heavy (non-hydrogen) atoms. The molecule has 3 aromatic heterocycles. The summed E-state index contributed by atoms with van der Waals surface area (Å²) in [5, 5.41) is 38.7. The Hall–Kier alpha value is -8.66. The number of rotatable bonds is 12. The van der Waals surface area contributed by atoms with Gasteiger partial charge in [-0.1, -0.05) is 167 Å². The molecule has 386 valence electrons. The molecule has 0 saturated heterocycles. The van der Waals surface area contributed by atoms with Crippen LogP contribution >= 0.6 is 53.3 Å². The molecule has 17 nitrogen and oxygen atoms in total. The minimum atomic E-state index is -2.29. The van der Waals surface area contributed by atoms with Gasteiger partial charge < -0.3 is 9.13 Å². The third-order valence-corrected chi connectivity index (χ3v) is 16.5. The van der Waals surface area contributed by atoms with E-state index in [9.17, 15) is 25.0 Å². The topological polar surface area (TPSA) is 218 Å². The first kappa shape index (κ1) is 56.1. The second kappa shape index (κ2) is 25.2. The van der Waals surface area contributed by atoms with Crippen molar-refractivity contribution < 1.29 is 14.6 Å². The van der Waals surface area contributed by atoms with Crippen molar-refractivity contribution in [3.8, 4) is 28.3 Å². The number of Topliss-reactive ketones (excluding diaryl/α,β-unsaturated/α-hetero) is 1. The summed E-state index contributed by atoms with van der Waals surface area (Å²) in [6.45, 7) is 1.32. The number of ketones is 1. The van der Waals surface area contributed by atoms with Crippen molar-refractivity contribution in [1.82, 2.24) is 34.1 Å². The molecule has 0 unspecified atom stereocenters. The SMILES string of the molecule is C.Cc1cn(-c2c(Cl)cc([N+](=O)[O-])cc2-n2nncc2-c2ccc(Cl)cc2)cn1.Cc1cn(-c2c(Cl)cc([N+](=O)[O-])cc2N=[N+]=[N-])cn1.O=C(C=P(c1ccccc1)(c1ccccc1)c1ccccc1)c1ccc(Cl)cc1. The van der Waals surface area contributed by atoms with Crippen molar-refractivity contribution in [2.75, 3.05) is 0 Å². The Morgan fingerprint density at radius 2 is 1.10 bits per heavy atom. The largest absolute Gasteiger partial charge is 0.304 e. The number of non-ortho nitro benzene ring substituents is 2. The lowest BCUT2D eigenvalue weighted by atomic mass is 10.1. The number of aryl methyl sites for hydroxylation is 2. The van der Waals surface area contributed by atoms with Gasteiger partial charge in [-0.05, 0) is 84.4 Å². The number of carbonyl (C=O) groups excluding carboxylic acids is 1. The average Bonchev–Trinajstić information content (AvgIpc) is 4.23. The van der Waals surface area contributed by atoms with E-state index >= 15 is 0 Å². The molecule has 0 bridgehead atoms. The van der Waals surface area contributed by atoms with E-state index in [2.05, 4.69) is 66.7 Å². The highest BCUT2D eigenvalue weighted by atomic mass is 35.5. The van der Waals surface area contributed by atoms with E-state index in [1.54, 1.807) is 77.4 Å². The molecule has 0 amide bonds. The molecule has 10 rings (SSSR count). The molecule has 22 heteroatoms. The van der Waals surface area contributed by atoms with E-state index in [1.165, 1.54) is 29.2 Å². The number of nitro benzene ring substituents is 2. The third kappa shape index (κ3) is 12.9. The van der Waals surface area contributed by atoms with E-state index in [0.29, 0.717) is 38.4 Å². The fourth-order valence-electron chi connectivity index (χ4n) is 7.99. The standard InChI is InChI=1S/C26H20ClOP.C18H12Cl2N6O2.C10H7ClN6O2.CH4/c27-22-18-16-21(17-19-22)26(28)20-29(23-10-4-1-5-11-23,24-12-6-2-7-13-24)25-14-8-3-9-15-25;1-11-9-24(10-21-11)18-15(20)6-14(26(27)28)7-16(18)25-17(8-22-23-25)12-2-4-13(19)5-3-12;1-6-4-16(5-13-6)10-8(11)2-7(17(18)19)3-9(10)14-15-12;/h1-20H;2-10H,1H3;2-5H,1H3;1H4. The molecule has 0 N–H and O–H groups in total. The average molecular weight is 1120 g/mol. The monoisotopic (exact) mass is 1120 g/mol. The second-order valence-corrected chi connectivity index (χ2v) is 21.3. The van der Waals surface area contributed by atoms with Gasteiger partial charge in [0.25, 0.3) is 11.4 Å². The van der Waals surface area contributed by atoms with Gasteiger partial charge in [-0.25, -0.2) is 14.6 Å². The Morgan fingerprint density at radius 1 is 0.649 bits per heavy atom. The molecule has 0 saturated carbocycles. The number of hydrogen-bond acceptors (Lipinski definition) is 10. The lowest BCUT2D eigenvalue weighted by molar-refractivity contribution is -0.385. The number of carbonyl (C=O) groups is 1. The summed E-state index contributed by atoms with van der Waals surface area (Å²) >= 11 is 24.4.